The van der Waals surface area contributed by atoms with Gasteiger partial charge in [0, 0.05) is 0 Å². The lowest BCUT2D eigenvalue weighted by atomic mass is 10.1. The minimum atomic E-state index is -0.331. The fourth-order valence-electron chi connectivity index (χ4n) is 1.43. The van der Waals surface area contributed by atoms with Gasteiger partial charge in [0.25, 0.3) is 0 Å². The number of carbonyl (C=O) groups excluding carboxylic acids is 1. The number of rotatable bonds is 4. The molecular formula is C13H18O3. The summed E-state index contributed by atoms with van der Waals surface area (Å²) in [6.45, 7) is 8.00. The van der Waals surface area contributed by atoms with Crippen LogP contribution >= 0.6 is 0 Å². The van der Waals surface area contributed by atoms with Crippen molar-refractivity contribution in [3.63, 3.8) is 0 Å². The van der Waals surface area contributed by atoms with Crippen LogP contribution in [0.25, 0.3) is 0 Å². The lowest BCUT2D eigenvalue weighted by Crippen LogP contribution is -2.13. The summed E-state index contributed by atoms with van der Waals surface area (Å²) in [6.07, 6.45) is -0.123. The van der Waals surface area contributed by atoms with Gasteiger partial charge in [-0.1, -0.05) is 12.1 Å². The zero-order valence-electron chi connectivity index (χ0n) is 10.2. The second kappa shape index (κ2) is 5.54. The Labute approximate surface area is 96.4 Å². The predicted octanol–water partition coefficient (Wildman–Crippen LogP) is 2.96. The summed E-state index contributed by atoms with van der Waals surface area (Å²) in [7, 11) is 0. The molecule has 0 heterocycles. The Morgan fingerprint density at radius 2 is 2.06 bits per heavy atom. The molecule has 0 spiro atoms. The van der Waals surface area contributed by atoms with Crippen molar-refractivity contribution in [1.29, 1.82) is 0 Å². The Bertz CT molecular complexity index is 369. The maximum absolute atomic E-state index is 11.8. The molecule has 3 heteroatoms. The largest absolute Gasteiger partial charge is 0.493 e. The lowest BCUT2D eigenvalue weighted by Gasteiger charge is -2.13. The lowest BCUT2D eigenvalue weighted by molar-refractivity contribution is 0.0373. The predicted molar refractivity (Wildman–Crippen MR) is 62.9 cm³/mol. The number of para-hydroxylation sites is 1. The van der Waals surface area contributed by atoms with Gasteiger partial charge < -0.3 is 9.47 Å². The number of hydrogen-bond acceptors (Lipinski definition) is 3. The third-order valence-electron chi connectivity index (χ3n) is 2.06. The molecule has 1 aromatic rings. The first kappa shape index (κ1) is 12.6. The van der Waals surface area contributed by atoms with Crippen molar-refractivity contribution in [1.82, 2.24) is 0 Å². The monoisotopic (exact) mass is 222 g/mol. The molecule has 0 aliphatic rings. The Hall–Kier alpha value is -1.51. The van der Waals surface area contributed by atoms with Crippen molar-refractivity contribution < 1.29 is 14.3 Å². The molecule has 1 aromatic carbocycles. The SMILES string of the molecule is CCOc1c(C)cccc1C(=O)OC(C)C. The van der Waals surface area contributed by atoms with Gasteiger partial charge in [-0.05, 0) is 39.3 Å². The van der Waals surface area contributed by atoms with Gasteiger partial charge in [0.05, 0.1) is 12.7 Å². The topological polar surface area (TPSA) is 35.5 Å². The smallest absolute Gasteiger partial charge is 0.342 e. The summed E-state index contributed by atoms with van der Waals surface area (Å²) in [5, 5.41) is 0. The zero-order valence-corrected chi connectivity index (χ0v) is 10.2. The van der Waals surface area contributed by atoms with E-state index in [4.69, 9.17) is 9.47 Å². The average molecular weight is 222 g/mol. The first-order valence-electron chi connectivity index (χ1n) is 5.49. The molecule has 0 N–H and O–H groups in total. The van der Waals surface area contributed by atoms with Gasteiger partial charge in [0.2, 0.25) is 0 Å². The third kappa shape index (κ3) is 2.99. The van der Waals surface area contributed by atoms with E-state index in [0.29, 0.717) is 17.9 Å². The quantitative estimate of drug-likeness (QED) is 0.735. The molecular weight excluding hydrogens is 204 g/mol. The summed E-state index contributed by atoms with van der Waals surface area (Å²) in [5.74, 6) is 0.290. The Balaban J connectivity index is 3.02. The molecule has 0 atom stereocenters. The molecule has 1 rings (SSSR count). The summed E-state index contributed by atoms with van der Waals surface area (Å²) < 4.78 is 10.6. The molecule has 0 radical (unpaired) electrons. The van der Waals surface area contributed by atoms with Crippen LogP contribution in [0, 0.1) is 6.92 Å². The summed E-state index contributed by atoms with van der Waals surface area (Å²) in [5.41, 5.74) is 1.44. The van der Waals surface area contributed by atoms with Crippen molar-refractivity contribution in [2.45, 2.75) is 33.8 Å². The van der Waals surface area contributed by atoms with Crippen LogP contribution in [0.1, 0.15) is 36.7 Å². The highest BCUT2D eigenvalue weighted by atomic mass is 16.5. The molecule has 0 saturated carbocycles. The van der Waals surface area contributed by atoms with Crippen LogP contribution in [-0.4, -0.2) is 18.7 Å². The first-order valence-corrected chi connectivity index (χ1v) is 5.49. The van der Waals surface area contributed by atoms with Gasteiger partial charge in [-0.15, -0.1) is 0 Å². The van der Waals surface area contributed by atoms with Crippen molar-refractivity contribution in [3.8, 4) is 5.75 Å². The van der Waals surface area contributed by atoms with Crippen LogP contribution < -0.4 is 4.74 Å². The molecule has 0 bridgehead atoms. The van der Waals surface area contributed by atoms with E-state index in [2.05, 4.69) is 0 Å². The second-order valence-corrected chi connectivity index (χ2v) is 3.84. The molecule has 0 fully saturated rings. The van der Waals surface area contributed by atoms with Gasteiger partial charge in [-0.3, -0.25) is 0 Å². The molecule has 16 heavy (non-hydrogen) atoms. The van der Waals surface area contributed by atoms with E-state index in [1.54, 1.807) is 6.07 Å². The van der Waals surface area contributed by atoms with Crippen LogP contribution in [0.2, 0.25) is 0 Å². The van der Waals surface area contributed by atoms with E-state index in [1.807, 2.05) is 39.8 Å². The fraction of sp³-hybridized carbons (Fsp3) is 0.462. The van der Waals surface area contributed by atoms with Gasteiger partial charge in [0.1, 0.15) is 11.3 Å². The number of hydrogen-bond donors (Lipinski definition) is 0. The number of aryl methyl sites for hydroxylation is 1. The highest BCUT2D eigenvalue weighted by molar-refractivity contribution is 5.93. The average Bonchev–Trinajstić information content (AvgIpc) is 2.20. The van der Waals surface area contributed by atoms with E-state index in [-0.39, 0.29) is 12.1 Å². The van der Waals surface area contributed by atoms with Crippen LogP contribution in [-0.2, 0) is 4.74 Å². The van der Waals surface area contributed by atoms with Gasteiger partial charge in [-0.25, -0.2) is 4.79 Å². The zero-order chi connectivity index (χ0) is 12.1. The number of esters is 1. The molecule has 0 unspecified atom stereocenters. The van der Waals surface area contributed by atoms with E-state index in [0.717, 1.165) is 5.56 Å². The highest BCUT2D eigenvalue weighted by Gasteiger charge is 2.16. The van der Waals surface area contributed by atoms with Gasteiger partial charge >= 0.3 is 5.97 Å². The van der Waals surface area contributed by atoms with Crippen LogP contribution in [0.4, 0.5) is 0 Å². The minimum Gasteiger partial charge on any atom is -0.493 e. The maximum Gasteiger partial charge on any atom is 0.342 e. The summed E-state index contributed by atoms with van der Waals surface area (Å²) in [6, 6.07) is 5.47. The molecule has 88 valence electrons. The first-order chi connectivity index (χ1) is 7.56. The Morgan fingerprint density at radius 3 is 2.62 bits per heavy atom. The van der Waals surface area contributed by atoms with E-state index >= 15 is 0 Å². The van der Waals surface area contributed by atoms with Gasteiger partial charge in [0.15, 0.2) is 0 Å². The van der Waals surface area contributed by atoms with E-state index in [1.165, 1.54) is 0 Å². The number of carbonyl (C=O) groups is 1. The number of ether oxygens (including phenoxy) is 2. The molecule has 0 amide bonds. The van der Waals surface area contributed by atoms with Crippen LogP contribution in [0.3, 0.4) is 0 Å². The second-order valence-electron chi connectivity index (χ2n) is 3.84. The molecule has 0 aliphatic heterocycles. The van der Waals surface area contributed by atoms with Crippen molar-refractivity contribution in [2.75, 3.05) is 6.61 Å². The van der Waals surface area contributed by atoms with E-state index < -0.39 is 0 Å². The third-order valence-corrected chi connectivity index (χ3v) is 2.06. The minimum absolute atomic E-state index is 0.123. The van der Waals surface area contributed by atoms with Crippen molar-refractivity contribution >= 4 is 5.97 Å². The summed E-state index contributed by atoms with van der Waals surface area (Å²) in [4.78, 5) is 11.8. The van der Waals surface area contributed by atoms with Crippen LogP contribution in [0.5, 0.6) is 5.75 Å². The number of benzene rings is 1. The highest BCUT2D eigenvalue weighted by Crippen LogP contribution is 2.24. The summed E-state index contributed by atoms with van der Waals surface area (Å²) >= 11 is 0. The van der Waals surface area contributed by atoms with Gasteiger partial charge in [-0.2, -0.15) is 0 Å². The molecule has 0 aliphatic carbocycles. The Kier molecular flexibility index (Phi) is 4.35. The molecule has 0 aromatic heterocycles. The molecule has 0 saturated heterocycles. The van der Waals surface area contributed by atoms with Crippen LogP contribution in [0.15, 0.2) is 18.2 Å². The Morgan fingerprint density at radius 1 is 1.38 bits per heavy atom. The van der Waals surface area contributed by atoms with Crippen molar-refractivity contribution in [2.24, 2.45) is 0 Å². The fourth-order valence-corrected chi connectivity index (χ4v) is 1.43. The molecule has 3 nitrogen and oxygen atoms in total. The van der Waals surface area contributed by atoms with Crippen molar-refractivity contribution in [3.05, 3.63) is 29.3 Å². The van der Waals surface area contributed by atoms with E-state index in [9.17, 15) is 4.79 Å². The normalized spacial score (nSPS) is 10.3. The standard InChI is InChI=1S/C13H18O3/c1-5-15-12-10(4)7-6-8-11(12)13(14)16-9(2)3/h6-9H,5H2,1-4H3. The maximum atomic E-state index is 11.8.